The topological polar surface area (TPSA) is 68.3 Å². The second kappa shape index (κ2) is 7.58. The third-order valence-corrected chi connectivity index (χ3v) is 5.74. The Balaban J connectivity index is 1.56. The fourth-order valence-electron chi connectivity index (χ4n) is 4.27. The highest BCUT2D eigenvalue weighted by Crippen LogP contribution is 2.35. The van der Waals surface area contributed by atoms with Crippen LogP contribution in [0.5, 0.6) is 0 Å². The number of rotatable bonds is 4. The monoisotopic (exact) mass is 374 g/mol. The smallest absolute Gasteiger partial charge is 0.250 e. The second-order valence-electron chi connectivity index (χ2n) is 7.29. The number of amides is 2. The summed E-state index contributed by atoms with van der Waals surface area (Å²) in [5, 5.41) is 0. The Hall–Kier alpha value is -1.96. The van der Waals surface area contributed by atoms with E-state index in [1.807, 2.05) is 29.2 Å². The van der Waals surface area contributed by atoms with Crippen molar-refractivity contribution in [1.29, 1.82) is 0 Å². The summed E-state index contributed by atoms with van der Waals surface area (Å²) in [6.45, 7) is 3.19. The van der Waals surface area contributed by atoms with Crippen molar-refractivity contribution in [1.82, 2.24) is 9.80 Å². The summed E-state index contributed by atoms with van der Waals surface area (Å²) in [4.78, 5) is 29.7. The van der Waals surface area contributed by atoms with Gasteiger partial charge in [0.2, 0.25) is 11.8 Å². The number of methoxy groups -OCH3 is 1. The molecule has 1 aromatic rings. The molecule has 7 heteroatoms. The van der Waals surface area contributed by atoms with Crippen LogP contribution in [0.4, 0.5) is 0 Å². The minimum absolute atomic E-state index is 0.0277. The van der Waals surface area contributed by atoms with Crippen LogP contribution in [-0.4, -0.2) is 74.0 Å². The SMILES string of the molecule is COCCN1C(=O)Cc2ccccc2[C@@H]1C(=O)N1CCC2(CC1)OCCO2. The van der Waals surface area contributed by atoms with Crippen molar-refractivity contribution >= 4 is 11.8 Å². The van der Waals surface area contributed by atoms with E-state index in [0.717, 1.165) is 11.1 Å². The number of ether oxygens (including phenoxy) is 3. The third kappa shape index (κ3) is 3.47. The van der Waals surface area contributed by atoms with Crippen LogP contribution in [0.2, 0.25) is 0 Å². The molecule has 27 heavy (non-hydrogen) atoms. The van der Waals surface area contributed by atoms with Crippen molar-refractivity contribution in [3.05, 3.63) is 35.4 Å². The number of fused-ring (bicyclic) bond motifs is 1. The van der Waals surface area contributed by atoms with E-state index >= 15 is 0 Å². The van der Waals surface area contributed by atoms with E-state index in [1.54, 1.807) is 12.0 Å². The summed E-state index contributed by atoms with van der Waals surface area (Å²) < 4.78 is 16.7. The van der Waals surface area contributed by atoms with Gasteiger partial charge in [-0.2, -0.15) is 0 Å². The molecule has 0 aromatic heterocycles. The number of carbonyl (C=O) groups excluding carboxylic acids is 2. The second-order valence-corrected chi connectivity index (χ2v) is 7.29. The molecule has 3 heterocycles. The number of piperidine rings is 1. The van der Waals surface area contributed by atoms with Crippen LogP contribution in [0.15, 0.2) is 24.3 Å². The molecule has 0 unspecified atom stereocenters. The largest absolute Gasteiger partial charge is 0.383 e. The van der Waals surface area contributed by atoms with Gasteiger partial charge in [-0.25, -0.2) is 0 Å². The minimum atomic E-state index is -0.586. The van der Waals surface area contributed by atoms with Gasteiger partial charge in [0.25, 0.3) is 0 Å². The molecule has 0 bridgehead atoms. The molecule has 3 aliphatic rings. The van der Waals surface area contributed by atoms with Gasteiger partial charge < -0.3 is 24.0 Å². The van der Waals surface area contributed by atoms with Crippen LogP contribution in [0.25, 0.3) is 0 Å². The van der Waals surface area contributed by atoms with Gasteiger partial charge in [0.1, 0.15) is 6.04 Å². The maximum absolute atomic E-state index is 13.4. The van der Waals surface area contributed by atoms with E-state index in [2.05, 4.69) is 0 Å². The fraction of sp³-hybridized carbons (Fsp3) is 0.600. The number of likely N-dealkylation sites (tertiary alicyclic amines) is 1. The van der Waals surface area contributed by atoms with E-state index in [-0.39, 0.29) is 11.8 Å². The van der Waals surface area contributed by atoms with Crippen LogP contribution in [0, 0.1) is 0 Å². The Morgan fingerprint density at radius 3 is 2.63 bits per heavy atom. The van der Waals surface area contributed by atoms with Crippen molar-refractivity contribution in [2.24, 2.45) is 0 Å². The van der Waals surface area contributed by atoms with Gasteiger partial charge in [0.05, 0.1) is 26.2 Å². The first-order valence-corrected chi connectivity index (χ1v) is 9.56. The zero-order valence-corrected chi connectivity index (χ0v) is 15.7. The molecular weight excluding hydrogens is 348 g/mol. The molecule has 1 atom stereocenters. The van der Waals surface area contributed by atoms with Gasteiger partial charge in [0, 0.05) is 39.6 Å². The van der Waals surface area contributed by atoms with Crippen LogP contribution in [0.1, 0.15) is 30.0 Å². The Morgan fingerprint density at radius 1 is 1.22 bits per heavy atom. The first-order chi connectivity index (χ1) is 13.1. The fourth-order valence-corrected chi connectivity index (χ4v) is 4.27. The molecule has 146 valence electrons. The van der Waals surface area contributed by atoms with Crippen molar-refractivity contribution in [3.8, 4) is 0 Å². The molecule has 2 amide bonds. The van der Waals surface area contributed by atoms with E-state index < -0.39 is 11.8 Å². The van der Waals surface area contributed by atoms with Gasteiger partial charge in [-0.05, 0) is 11.1 Å². The lowest BCUT2D eigenvalue weighted by atomic mass is 9.90. The highest BCUT2D eigenvalue weighted by molar-refractivity contribution is 5.92. The average molecular weight is 374 g/mol. The van der Waals surface area contributed by atoms with Crippen molar-refractivity contribution < 1.29 is 23.8 Å². The van der Waals surface area contributed by atoms with Crippen LogP contribution < -0.4 is 0 Å². The van der Waals surface area contributed by atoms with E-state index in [0.29, 0.717) is 58.7 Å². The lowest BCUT2D eigenvalue weighted by molar-refractivity contribution is -0.189. The van der Waals surface area contributed by atoms with E-state index in [9.17, 15) is 9.59 Å². The lowest BCUT2D eigenvalue weighted by Gasteiger charge is -2.42. The quantitative estimate of drug-likeness (QED) is 0.790. The normalized spacial score (nSPS) is 24.3. The predicted molar refractivity (Wildman–Crippen MR) is 96.9 cm³/mol. The van der Waals surface area contributed by atoms with E-state index in [1.165, 1.54) is 0 Å². The summed E-state index contributed by atoms with van der Waals surface area (Å²) >= 11 is 0. The summed E-state index contributed by atoms with van der Waals surface area (Å²) in [6, 6.07) is 7.15. The molecule has 0 N–H and O–H groups in total. The molecule has 4 rings (SSSR count). The van der Waals surface area contributed by atoms with Gasteiger partial charge >= 0.3 is 0 Å². The molecule has 2 fully saturated rings. The van der Waals surface area contributed by atoms with Crippen LogP contribution >= 0.6 is 0 Å². The Morgan fingerprint density at radius 2 is 1.93 bits per heavy atom. The highest BCUT2D eigenvalue weighted by Gasteiger charge is 2.44. The standard InChI is InChI=1S/C20H26N2O5/c1-25-11-10-22-17(23)14-15-4-2-3-5-16(15)18(22)19(24)21-8-6-20(7-9-21)26-12-13-27-20/h2-5,18H,6-14H2,1H3/t18-/m1/s1. The van der Waals surface area contributed by atoms with E-state index in [4.69, 9.17) is 14.2 Å². The van der Waals surface area contributed by atoms with Gasteiger partial charge in [-0.3, -0.25) is 9.59 Å². The molecular formula is C20H26N2O5. The molecule has 7 nitrogen and oxygen atoms in total. The number of carbonyl (C=O) groups is 2. The molecule has 2 saturated heterocycles. The first-order valence-electron chi connectivity index (χ1n) is 9.56. The zero-order chi connectivity index (χ0) is 18.9. The zero-order valence-electron chi connectivity index (χ0n) is 15.7. The molecule has 0 saturated carbocycles. The Labute approximate surface area is 159 Å². The maximum atomic E-state index is 13.4. The maximum Gasteiger partial charge on any atom is 0.250 e. The minimum Gasteiger partial charge on any atom is -0.383 e. The number of benzene rings is 1. The van der Waals surface area contributed by atoms with Crippen LogP contribution in [0.3, 0.4) is 0 Å². The van der Waals surface area contributed by atoms with Crippen molar-refractivity contribution in [2.75, 3.05) is 46.6 Å². The van der Waals surface area contributed by atoms with Crippen LogP contribution in [-0.2, 0) is 30.2 Å². The lowest BCUT2D eigenvalue weighted by Crippen LogP contribution is -2.53. The predicted octanol–water partition coefficient (Wildman–Crippen LogP) is 1.12. The Bertz CT molecular complexity index is 706. The van der Waals surface area contributed by atoms with Gasteiger partial charge in [-0.15, -0.1) is 0 Å². The van der Waals surface area contributed by atoms with Gasteiger partial charge in [0.15, 0.2) is 5.79 Å². The molecule has 3 aliphatic heterocycles. The molecule has 1 spiro atoms. The number of nitrogens with zero attached hydrogens (tertiary/aromatic N) is 2. The average Bonchev–Trinajstić information content (AvgIpc) is 3.14. The van der Waals surface area contributed by atoms with Crippen molar-refractivity contribution in [2.45, 2.75) is 31.1 Å². The summed E-state index contributed by atoms with van der Waals surface area (Å²) in [6.07, 6.45) is 1.66. The number of hydrogen-bond acceptors (Lipinski definition) is 5. The summed E-state index contributed by atoms with van der Waals surface area (Å²) in [7, 11) is 1.60. The molecule has 0 aliphatic carbocycles. The first kappa shape index (κ1) is 18.4. The summed E-state index contributed by atoms with van der Waals surface area (Å²) in [5.41, 5.74) is 1.86. The third-order valence-electron chi connectivity index (χ3n) is 5.74. The van der Waals surface area contributed by atoms with Crippen molar-refractivity contribution in [3.63, 3.8) is 0 Å². The summed E-state index contributed by atoms with van der Waals surface area (Å²) in [5.74, 6) is -0.577. The molecule has 1 aromatic carbocycles. The van der Waals surface area contributed by atoms with Gasteiger partial charge in [-0.1, -0.05) is 24.3 Å². The molecule has 0 radical (unpaired) electrons. The Kier molecular flexibility index (Phi) is 5.16. The highest BCUT2D eigenvalue weighted by atomic mass is 16.7. The number of hydrogen-bond donors (Lipinski definition) is 0.